The Labute approximate surface area is 125 Å². The summed E-state index contributed by atoms with van der Waals surface area (Å²) in [4.78, 5) is 0.966. The molecule has 1 saturated heterocycles. The number of nitrogens with zero attached hydrogens (tertiary/aromatic N) is 1. The molecule has 108 valence electrons. The van der Waals surface area contributed by atoms with Crippen molar-refractivity contribution < 1.29 is 13.5 Å². The molecule has 0 amide bonds. The zero-order chi connectivity index (χ0) is 13.9. The van der Waals surface area contributed by atoms with E-state index in [0.29, 0.717) is 19.6 Å². The lowest BCUT2D eigenvalue weighted by Gasteiger charge is -2.30. The average Bonchev–Trinajstić information content (AvgIpc) is 2.82. The number of rotatable bonds is 5. The Hall–Kier alpha value is 0.01000. The van der Waals surface area contributed by atoms with Gasteiger partial charge in [-0.15, -0.1) is 11.3 Å². The van der Waals surface area contributed by atoms with Gasteiger partial charge in [0.2, 0.25) is 0 Å². The average molecular weight is 369 g/mol. The number of aliphatic hydroxyl groups excluding tert-OH is 1. The molecule has 0 bridgehead atoms. The van der Waals surface area contributed by atoms with E-state index in [1.165, 1.54) is 15.6 Å². The highest BCUT2D eigenvalue weighted by Crippen LogP contribution is 2.23. The Kier molecular flexibility index (Phi) is 5.38. The minimum atomic E-state index is -3.42. The van der Waals surface area contributed by atoms with Gasteiger partial charge in [0.1, 0.15) is 0 Å². The van der Waals surface area contributed by atoms with Crippen LogP contribution in [0.1, 0.15) is 17.7 Å². The molecule has 0 unspecified atom stereocenters. The normalized spacial score (nSPS) is 18.8. The third-order valence-corrected chi connectivity index (χ3v) is 6.76. The van der Waals surface area contributed by atoms with Crippen molar-refractivity contribution >= 4 is 37.5 Å². The molecule has 2 rings (SSSR count). The van der Waals surface area contributed by atoms with Gasteiger partial charge >= 0.3 is 0 Å². The quantitative estimate of drug-likeness (QED) is 0.828. The third-order valence-electron chi connectivity index (χ3n) is 3.28. The van der Waals surface area contributed by atoms with Crippen LogP contribution >= 0.6 is 27.3 Å². The number of nitrogens with one attached hydrogen (secondary N) is 1. The van der Waals surface area contributed by atoms with Crippen molar-refractivity contribution in [3.8, 4) is 0 Å². The van der Waals surface area contributed by atoms with Gasteiger partial charge in [-0.1, -0.05) is 0 Å². The highest BCUT2D eigenvalue weighted by atomic mass is 79.9. The first-order chi connectivity index (χ1) is 9.03. The van der Waals surface area contributed by atoms with Crippen LogP contribution in [0.3, 0.4) is 0 Å². The van der Waals surface area contributed by atoms with E-state index in [2.05, 4.69) is 20.7 Å². The molecule has 0 atom stereocenters. The van der Waals surface area contributed by atoms with E-state index in [1.807, 2.05) is 11.4 Å². The van der Waals surface area contributed by atoms with Gasteiger partial charge in [-0.05, 0) is 46.1 Å². The second kappa shape index (κ2) is 6.64. The minimum Gasteiger partial charge on any atom is -0.396 e. The molecule has 2 heterocycles. The van der Waals surface area contributed by atoms with Crippen molar-refractivity contribution in [3.63, 3.8) is 0 Å². The molecule has 1 aliphatic heterocycles. The first-order valence-electron chi connectivity index (χ1n) is 6.10. The summed E-state index contributed by atoms with van der Waals surface area (Å²) in [5.41, 5.74) is 0. The fourth-order valence-electron chi connectivity index (χ4n) is 2.03. The van der Waals surface area contributed by atoms with Gasteiger partial charge in [-0.25, -0.2) is 0 Å². The smallest absolute Gasteiger partial charge is 0.279 e. The molecular weight excluding hydrogens is 352 g/mol. The summed E-state index contributed by atoms with van der Waals surface area (Å²) in [5, 5.41) is 11.0. The zero-order valence-corrected chi connectivity index (χ0v) is 13.6. The molecule has 0 aromatic carbocycles. The van der Waals surface area contributed by atoms with Gasteiger partial charge in [0.25, 0.3) is 10.2 Å². The van der Waals surface area contributed by atoms with Crippen LogP contribution in [0, 0.1) is 5.92 Å². The number of halogens is 1. The second-order valence-electron chi connectivity index (χ2n) is 4.54. The monoisotopic (exact) mass is 368 g/mol. The van der Waals surface area contributed by atoms with Gasteiger partial charge in [0, 0.05) is 35.6 Å². The van der Waals surface area contributed by atoms with Gasteiger partial charge < -0.3 is 5.11 Å². The van der Waals surface area contributed by atoms with Crippen molar-refractivity contribution in [1.29, 1.82) is 0 Å². The summed E-state index contributed by atoms with van der Waals surface area (Å²) < 4.78 is 29.3. The Morgan fingerprint density at radius 2 is 2.16 bits per heavy atom. The molecule has 0 radical (unpaired) electrons. The van der Waals surface area contributed by atoms with Crippen molar-refractivity contribution in [2.75, 3.05) is 19.7 Å². The van der Waals surface area contributed by atoms with Crippen LogP contribution < -0.4 is 4.72 Å². The van der Waals surface area contributed by atoms with E-state index >= 15 is 0 Å². The summed E-state index contributed by atoms with van der Waals surface area (Å²) in [5.74, 6) is 0.234. The van der Waals surface area contributed by atoms with Crippen molar-refractivity contribution in [1.82, 2.24) is 9.03 Å². The van der Waals surface area contributed by atoms with E-state index in [4.69, 9.17) is 5.11 Å². The number of hydrogen-bond donors (Lipinski definition) is 2. The highest BCUT2D eigenvalue weighted by molar-refractivity contribution is 9.10. The Balaban J connectivity index is 1.90. The topological polar surface area (TPSA) is 69.6 Å². The number of aliphatic hydroxyl groups is 1. The summed E-state index contributed by atoms with van der Waals surface area (Å²) in [7, 11) is -3.42. The van der Waals surface area contributed by atoms with Crippen molar-refractivity contribution in [2.45, 2.75) is 19.4 Å². The molecule has 0 saturated carbocycles. The van der Waals surface area contributed by atoms with E-state index in [9.17, 15) is 8.42 Å². The minimum absolute atomic E-state index is 0.142. The van der Waals surface area contributed by atoms with E-state index in [-0.39, 0.29) is 12.5 Å². The van der Waals surface area contributed by atoms with Crippen molar-refractivity contribution in [2.24, 2.45) is 5.92 Å². The lowest BCUT2D eigenvalue weighted by molar-refractivity contribution is 0.169. The van der Waals surface area contributed by atoms with Crippen LogP contribution in [-0.2, 0) is 16.8 Å². The van der Waals surface area contributed by atoms with Crippen LogP contribution in [0.5, 0.6) is 0 Å². The van der Waals surface area contributed by atoms with Crippen molar-refractivity contribution in [3.05, 3.63) is 20.8 Å². The molecule has 1 fully saturated rings. The van der Waals surface area contributed by atoms with Gasteiger partial charge in [-0.3, -0.25) is 0 Å². The number of hydrogen-bond acceptors (Lipinski definition) is 4. The van der Waals surface area contributed by atoms with E-state index < -0.39 is 10.2 Å². The first kappa shape index (κ1) is 15.4. The molecular formula is C11H17BrN2O3S2. The maximum Gasteiger partial charge on any atom is 0.279 e. The molecule has 8 heteroatoms. The summed E-state index contributed by atoms with van der Waals surface area (Å²) in [6.45, 7) is 1.41. The molecule has 2 N–H and O–H groups in total. The van der Waals surface area contributed by atoms with Crippen LogP contribution in [0.4, 0.5) is 0 Å². The van der Waals surface area contributed by atoms with Gasteiger partial charge in [0.05, 0.1) is 0 Å². The van der Waals surface area contributed by atoms with Crippen LogP contribution in [0.15, 0.2) is 15.9 Å². The molecule has 5 nitrogen and oxygen atoms in total. The summed E-state index contributed by atoms with van der Waals surface area (Å²) in [6.07, 6.45) is 1.44. The van der Waals surface area contributed by atoms with Crippen LogP contribution in [0.2, 0.25) is 0 Å². The predicted molar refractivity (Wildman–Crippen MR) is 79.2 cm³/mol. The SMILES string of the molecule is O=S(=O)(NCc1sccc1Br)N1CCC(CO)CC1. The summed E-state index contributed by atoms with van der Waals surface area (Å²) >= 11 is 4.90. The highest BCUT2D eigenvalue weighted by Gasteiger charge is 2.27. The molecule has 0 aliphatic carbocycles. The molecule has 1 aromatic heterocycles. The fourth-order valence-corrected chi connectivity index (χ4v) is 4.76. The number of piperidine rings is 1. The lowest BCUT2D eigenvalue weighted by atomic mass is 10.00. The zero-order valence-electron chi connectivity index (χ0n) is 10.4. The second-order valence-corrected chi connectivity index (χ2v) is 8.15. The summed E-state index contributed by atoms with van der Waals surface area (Å²) in [6, 6.07) is 1.90. The molecule has 1 aromatic rings. The predicted octanol–water partition coefficient (Wildman–Crippen LogP) is 1.55. The van der Waals surface area contributed by atoms with Crippen LogP contribution in [-0.4, -0.2) is 37.5 Å². The maximum absolute atomic E-state index is 12.1. The molecule has 1 aliphatic rings. The Morgan fingerprint density at radius 3 is 2.68 bits per heavy atom. The maximum atomic E-state index is 12.1. The van der Waals surface area contributed by atoms with E-state index in [0.717, 1.165) is 22.2 Å². The lowest BCUT2D eigenvalue weighted by Crippen LogP contribution is -2.45. The third kappa shape index (κ3) is 3.99. The molecule has 0 spiro atoms. The molecule has 19 heavy (non-hydrogen) atoms. The largest absolute Gasteiger partial charge is 0.396 e. The van der Waals surface area contributed by atoms with Gasteiger partial charge in [0.15, 0.2) is 0 Å². The number of thiophene rings is 1. The van der Waals surface area contributed by atoms with Crippen LogP contribution in [0.25, 0.3) is 0 Å². The van der Waals surface area contributed by atoms with Gasteiger partial charge in [-0.2, -0.15) is 17.4 Å². The fraction of sp³-hybridized carbons (Fsp3) is 0.636. The van der Waals surface area contributed by atoms with E-state index in [1.54, 1.807) is 0 Å². The standard InChI is InChI=1S/C11H17BrN2O3S2/c12-10-3-6-18-11(10)7-13-19(16,17)14-4-1-9(8-15)2-5-14/h3,6,9,13,15H,1-2,4-5,7-8H2. The first-order valence-corrected chi connectivity index (χ1v) is 9.21. The Bertz CT molecular complexity index is 510. The Morgan fingerprint density at radius 1 is 1.47 bits per heavy atom.